The summed E-state index contributed by atoms with van der Waals surface area (Å²) in [6.45, 7) is 5.30. The first-order valence-electron chi connectivity index (χ1n) is 6.55. The molecule has 0 saturated heterocycles. The molecule has 0 fully saturated rings. The van der Waals surface area contributed by atoms with Crippen LogP contribution in [0.4, 0.5) is 0 Å². The van der Waals surface area contributed by atoms with Crippen molar-refractivity contribution in [2.24, 2.45) is 7.05 Å². The van der Waals surface area contributed by atoms with Gasteiger partial charge in [-0.1, -0.05) is 6.92 Å². The molecule has 0 aromatic carbocycles. The molecule has 1 atom stereocenters. The lowest BCUT2D eigenvalue weighted by Crippen LogP contribution is -2.19. The number of aromatic nitrogens is 3. The standard InChI is InChI=1S/C14H20N4O/c1-4-6-15-11(2)12-5-7-16-14(8-12)19-13-9-17-18(3)10-13/h5,7-11,15H,4,6H2,1-3H3. The van der Waals surface area contributed by atoms with Crippen LogP contribution in [0.25, 0.3) is 0 Å². The highest BCUT2D eigenvalue weighted by Gasteiger charge is 2.07. The number of nitrogens with one attached hydrogen (secondary N) is 1. The minimum atomic E-state index is 0.291. The minimum Gasteiger partial charge on any atom is -0.436 e. The summed E-state index contributed by atoms with van der Waals surface area (Å²) in [6, 6.07) is 4.25. The van der Waals surface area contributed by atoms with Gasteiger partial charge in [-0.05, 0) is 31.5 Å². The van der Waals surface area contributed by atoms with Crippen molar-refractivity contribution >= 4 is 0 Å². The molecule has 0 aliphatic rings. The topological polar surface area (TPSA) is 52.0 Å². The van der Waals surface area contributed by atoms with E-state index in [2.05, 4.69) is 29.2 Å². The average molecular weight is 260 g/mol. The molecule has 0 saturated carbocycles. The molecule has 19 heavy (non-hydrogen) atoms. The molecule has 102 valence electrons. The number of nitrogens with zero attached hydrogens (tertiary/aromatic N) is 3. The molecule has 0 aliphatic carbocycles. The average Bonchev–Trinajstić information content (AvgIpc) is 2.81. The fourth-order valence-electron chi connectivity index (χ4n) is 1.80. The van der Waals surface area contributed by atoms with E-state index in [0.29, 0.717) is 17.7 Å². The molecule has 1 N–H and O–H groups in total. The molecule has 5 heteroatoms. The Morgan fingerprint density at radius 3 is 3.00 bits per heavy atom. The molecular formula is C14H20N4O. The van der Waals surface area contributed by atoms with Gasteiger partial charge in [-0.25, -0.2) is 4.98 Å². The summed E-state index contributed by atoms with van der Waals surface area (Å²) in [5.41, 5.74) is 1.17. The van der Waals surface area contributed by atoms with Crippen molar-refractivity contribution in [2.75, 3.05) is 6.54 Å². The molecule has 0 radical (unpaired) electrons. The van der Waals surface area contributed by atoms with Gasteiger partial charge in [0.15, 0.2) is 5.75 Å². The lowest BCUT2D eigenvalue weighted by Gasteiger charge is -2.14. The predicted molar refractivity (Wildman–Crippen MR) is 74.2 cm³/mol. The third-order valence-electron chi connectivity index (χ3n) is 2.86. The quantitative estimate of drug-likeness (QED) is 0.867. The Bertz CT molecular complexity index is 524. The lowest BCUT2D eigenvalue weighted by molar-refractivity contribution is 0.459. The molecule has 2 heterocycles. The number of hydrogen-bond acceptors (Lipinski definition) is 4. The Hall–Kier alpha value is -1.88. The molecule has 5 nitrogen and oxygen atoms in total. The highest BCUT2D eigenvalue weighted by atomic mass is 16.5. The molecule has 1 unspecified atom stereocenters. The van der Waals surface area contributed by atoms with Gasteiger partial charge in [0, 0.05) is 25.4 Å². The molecule has 2 aromatic heterocycles. The monoisotopic (exact) mass is 260 g/mol. The molecular weight excluding hydrogens is 240 g/mol. The van der Waals surface area contributed by atoms with Gasteiger partial charge >= 0.3 is 0 Å². The third-order valence-corrected chi connectivity index (χ3v) is 2.86. The number of ether oxygens (including phenoxy) is 1. The fraction of sp³-hybridized carbons (Fsp3) is 0.429. The van der Waals surface area contributed by atoms with Crippen LogP contribution in [0.2, 0.25) is 0 Å². The second-order valence-electron chi connectivity index (χ2n) is 4.55. The van der Waals surface area contributed by atoms with E-state index in [1.54, 1.807) is 17.1 Å². The Balaban J connectivity index is 2.06. The van der Waals surface area contributed by atoms with E-state index in [4.69, 9.17) is 4.74 Å². The maximum absolute atomic E-state index is 5.67. The van der Waals surface area contributed by atoms with Gasteiger partial charge in [-0.3, -0.25) is 4.68 Å². The summed E-state index contributed by atoms with van der Waals surface area (Å²) >= 11 is 0. The van der Waals surface area contributed by atoms with Gasteiger partial charge in [0.1, 0.15) is 0 Å². The van der Waals surface area contributed by atoms with Crippen LogP contribution in [-0.4, -0.2) is 21.3 Å². The minimum absolute atomic E-state index is 0.291. The zero-order valence-electron chi connectivity index (χ0n) is 11.6. The number of hydrogen-bond donors (Lipinski definition) is 1. The number of rotatable bonds is 6. The molecule has 0 spiro atoms. The first kappa shape index (κ1) is 13.5. The highest BCUT2D eigenvalue weighted by molar-refractivity contribution is 5.27. The van der Waals surface area contributed by atoms with Crippen molar-refractivity contribution in [1.29, 1.82) is 0 Å². The second kappa shape index (κ2) is 6.33. The first-order chi connectivity index (χ1) is 9.19. The van der Waals surface area contributed by atoms with Crippen LogP contribution in [0.15, 0.2) is 30.7 Å². The predicted octanol–water partition coefficient (Wildman–Crippen LogP) is 2.67. The van der Waals surface area contributed by atoms with Crippen molar-refractivity contribution in [3.05, 3.63) is 36.3 Å². The number of aryl methyl sites for hydroxylation is 1. The van der Waals surface area contributed by atoms with E-state index in [-0.39, 0.29) is 0 Å². The van der Waals surface area contributed by atoms with Crippen LogP contribution < -0.4 is 10.1 Å². The third kappa shape index (κ3) is 3.79. The molecule has 2 rings (SSSR count). The summed E-state index contributed by atoms with van der Waals surface area (Å²) in [6.07, 6.45) is 6.37. The van der Waals surface area contributed by atoms with E-state index in [1.807, 2.05) is 25.4 Å². The van der Waals surface area contributed by atoms with Crippen LogP contribution in [0, 0.1) is 0 Å². The Morgan fingerprint density at radius 2 is 2.32 bits per heavy atom. The van der Waals surface area contributed by atoms with Gasteiger partial charge in [-0.15, -0.1) is 0 Å². The van der Waals surface area contributed by atoms with Crippen LogP contribution in [0.5, 0.6) is 11.6 Å². The first-order valence-corrected chi connectivity index (χ1v) is 6.55. The lowest BCUT2D eigenvalue weighted by atomic mass is 10.1. The zero-order chi connectivity index (χ0) is 13.7. The van der Waals surface area contributed by atoms with E-state index < -0.39 is 0 Å². The van der Waals surface area contributed by atoms with Gasteiger partial charge < -0.3 is 10.1 Å². The summed E-state index contributed by atoms with van der Waals surface area (Å²) in [4.78, 5) is 4.22. The molecule has 0 aliphatic heterocycles. The second-order valence-corrected chi connectivity index (χ2v) is 4.55. The van der Waals surface area contributed by atoms with Crippen LogP contribution >= 0.6 is 0 Å². The SMILES string of the molecule is CCCNC(C)c1ccnc(Oc2cnn(C)c2)c1. The summed E-state index contributed by atoms with van der Waals surface area (Å²) in [5, 5.41) is 7.51. The zero-order valence-corrected chi connectivity index (χ0v) is 11.6. The Labute approximate surface area is 113 Å². The number of pyridine rings is 1. The van der Waals surface area contributed by atoms with E-state index >= 15 is 0 Å². The van der Waals surface area contributed by atoms with Crippen molar-refractivity contribution in [1.82, 2.24) is 20.1 Å². The molecule has 0 amide bonds. The van der Waals surface area contributed by atoms with Crippen molar-refractivity contribution < 1.29 is 4.74 Å². The van der Waals surface area contributed by atoms with E-state index in [0.717, 1.165) is 13.0 Å². The van der Waals surface area contributed by atoms with Crippen LogP contribution in [0.3, 0.4) is 0 Å². The maximum Gasteiger partial charge on any atom is 0.219 e. The summed E-state index contributed by atoms with van der Waals surface area (Å²) in [5.74, 6) is 1.29. The van der Waals surface area contributed by atoms with Crippen LogP contribution in [0.1, 0.15) is 31.9 Å². The Morgan fingerprint density at radius 1 is 1.47 bits per heavy atom. The summed E-state index contributed by atoms with van der Waals surface area (Å²) < 4.78 is 7.37. The molecule has 0 bridgehead atoms. The van der Waals surface area contributed by atoms with Crippen molar-refractivity contribution in [3.63, 3.8) is 0 Å². The molecule has 2 aromatic rings. The van der Waals surface area contributed by atoms with Crippen LogP contribution in [-0.2, 0) is 7.05 Å². The fourth-order valence-corrected chi connectivity index (χ4v) is 1.80. The summed E-state index contributed by atoms with van der Waals surface area (Å²) in [7, 11) is 1.85. The van der Waals surface area contributed by atoms with E-state index in [1.165, 1.54) is 5.56 Å². The van der Waals surface area contributed by atoms with E-state index in [9.17, 15) is 0 Å². The largest absolute Gasteiger partial charge is 0.436 e. The van der Waals surface area contributed by atoms with Gasteiger partial charge in [-0.2, -0.15) is 5.10 Å². The Kier molecular flexibility index (Phi) is 4.52. The smallest absolute Gasteiger partial charge is 0.219 e. The van der Waals surface area contributed by atoms with Crippen molar-refractivity contribution in [2.45, 2.75) is 26.3 Å². The van der Waals surface area contributed by atoms with Gasteiger partial charge in [0.05, 0.1) is 12.4 Å². The normalized spacial score (nSPS) is 12.4. The maximum atomic E-state index is 5.67. The van der Waals surface area contributed by atoms with Gasteiger partial charge in [0.25, 0.3) is 0 Å². The van der Waals surface area contributed by atoms with Crippen molar-refractivity contribution in [3.8, 4) is 11.6 Å². The highest BCUT2D eigenvalue weighted by Crippen LogP contribution is 2.21. The van der Waals surface area contributed by atoms with Gasteiger partial charge in [0.2, 0.25) is 5.88 Å².